The molecule has 0 bridgehead atoms. The van der Waals surface area contributed by atoms with Crippen molar-refractivity contribution in [1.29, 1.82) is 0 Å². The molecule has 0 aliphatic rings. The minimum absolute atomic E-state index is 0.0250. The fourth-order valence-electron chi connectivity index (χ4n) is 8.26. The molecule has 0 aliphatic heterocycles. The van der Waals surface area contributed by atoms with E-state index < -0.39 is 0 Å². The summed E-state index contributed by atoms with van der Waals surface area (Å²) in [6, 6.07) is 47.9. The molecule has 8 aromatic carbocycles. The molecule has 12 aromatic rings. The normalized spacial score (nSPS) is 13.3. The number of aromatic nitrogens is 5. The van der Waals surface area contributed by atoms with Crippen LogP contribution in [0.1, 0.15) is 8.22 Å². The quantitative estimate of drug-likeness (QED) is 0.177. The summed E-state index contributed by atoms with van der Waals surface area (Å²) in [7, 11) is 0. The standard InChI is InChI=1S/C51H31N5O/c1-2-15-32(16-3-1)49-52-50(54-51(53-49)56-44-26-11-6-19-36(44)37-20-7-12-27-45(37)56)33-29-30-38(40-22-14-23-41-39-21-8-13-28-47(39)57-48(40)41)46(31-33)55-42-24-9-4-17-34(42)35-18-5-10-25-43(35)55/h1-31H/i8D,14D,21D,22D,23D,28D. The average molecular weight is 736 g/mol. The van der Waals surface area contributed by atoms with Crippen molar-refractivity contribution >= 4 is 65.6 Å². The van der Waals surface area contributed by atoms with Gasteiger partial charge in [0.1, 0.15) is 11.2 Å². The molecule has 0 aliphatic carbocycles. The van der Waals surface area contributed by atoms with Gasteiger partial charge in [-0.1, -0.05) is 152 Å². The first-order valence-corrected chi connectivity index (χ1v) is 18.6. The Labute approximate surface area is 335 Å². The third-order valence-electron chi connectivity index (χ3n) is 10.8. The second-order valence-electron chi connectivity index (χ2n) is 13.9. The van der Waals surface area contributed by atoms with Gasteiger partial charge in [-0.3, -0.25) is 4.57 Å². The predicted octanol–water partition coefficient (Wildman–Crippen LogP) is 13.0. The molecular formula is C51H31N5O. The summed E-state index contributed by atoms with van der Waals surface area (Å²) in [5.41, 5.74) is 6.61. The van der Waals surface area contributed by atoms with Crippen molar-refractivity contribution in [2.45, 2.75) is 0 Å². The van der Waals surface area contributed by atoms with Gasteiger partial charge in [0.2, 0.25) is 5.95 Å². The molecule has 0 saturated heterocycles. The van der Waals surface area contributed by atoms with Crippen LogP contribution in [-0.4, -0.2) is 24.1 Å². The molecule has 0 radical (unpaired) electrons. The molecule has 0 amide bonds. The number of rotatable bonds is 5. The summed E-state index contributed by atoms with van der Waals surface area (Å²) in [5.74, 6) is 1.32. The topological polar surface area (TPSA) is 61.7 Å². The number of fused-ring (bicyclic) bond motifs is 9. The van der Waals surface area contributed by atoms with E-state index in [4.69, 9.17) is 26.2 Å². The van der Waals surface area contributed by atoms with Crippen LogP contribution in [0.4, 0.5) is 0 Å². The number of hydrogen-bond acceptors (Lipinski definition) is 4. The van der Waals surface area contributed by atoms with E-state index in [0.29, 0.717) is 34.4 Å². The first kappa shape index (κ1) is 26.1. The lowest BCUT2D eigenvalue weighted by atomic mass is 9.98. The predicted molar refractivity (Wildman–Crippen MR) is 232 cm³/mol. The molecule has 57 heavy (non-hydrogen) atoms. The van der Waals surface area contributed by atoms with E-state index in [9.17, 15) is 1.37 Å². The Morgan fingerprint density at radius 1 is 0.421 bits per heavy atom. The highest BCUT2D eigenvalue weighted by molar-refractivity contribution is 6.13. The van der Waals surface area contributed by atoms with E-state index in [0.717, 1.165) is 49.2 Å². The fraction of sp³-hybridized carbons (Fsp3) is 0. The number of furan rings is 1. The van der Waals surface area contributed by atoms with Gasteiger partial charge in [0.25, 0.3) is 0 Å². The Morgan fingerprint density at radius 2 is 0.982 bits per heavy atom. The van der Waals surface area contributed by atoms with Crippen molar-refractivity contribution in [1.82, 2.24) is 24.1 Å². The van der Waals surface area contributed by atoms with Gasteiger partial charge in [-0.15, -0.1) is 0 Å². The van der Waals surface area contributed by atoms with Crippen LogP contribution >= 0.6 is 0 Å². The summed E-state index contributed by atoms with van der Waals surface area (Å²) in [6.07, 6.45) is 0. The monoisotopic (exact) mass is 735 g/mol. The molecule has 266 valence electrons. The lowest BCUT2D eigenvalue weighted by Gasteiger charge is -2.17. The molecule has 0 spiro atoms. The Morgan fingerprint density at radius 3 is 1.63 bits per heavy atom. The maximum atomic E-state index is 9.46. The molecule has 0 N–H and O–H groups in total. The van der Waals surface area contributed by atoms with E-state index in [1.54, 1.807) is 0 Å². The molecule has 6 nitrogen and oxygen atoms in total. The van der Waals surface area contributed by atoms with Crippen molar-refractivity contribution in [3.05, 3.63) is 188 Å². The summed E-state index contributed by atoms with van der Waals surface area (Å²) in [6.45, 7) is 0. The maximum Gasteiger partial charge on any atom is 0.238 e. The molecule has 0 fully saturated rings. The van der Waals surface area contributed by atoms with Crippen LogP contribution in [-0.2, 0) is 0 Å². The van der Waals surface area contributed by atoms with Gasteiger partial charge in [-0.05, 0) is 36.4 Å². The summed E-state index contributed by atoms with van der Waals surface area (Å²) in [5, 5.41) is 4.37. The molecule has 0 unspecified atom stereocenters. The second kappa shape index (κ2) is 12.3. The van der Waals surface area contributed by atoms with E-state index in [1.165, 1.54) is 6.07 Å². The first-order valence-electron chi connectivity index (χ1n) is 21.6. The SMILES string of the molecule is [2H]c1cc([2H])c2oc3c(-c4ccc(-c5nc(-c6ccccc6)nc(-n6c7ccccc7c7ccccc76)n5)cc4-n4c5ccccc5c5ccccc54)c([2H])c([2H])c([2H])c3c2c1[2H]. The van der Waals surface area contributed by atoms with Crippen LogP contribution in [0.5, 0.6) is 0 Å². The number of benzene rings is 8. The van der Waals surface area contributed by atoms with Crippen molar-refractivity contribution in [3.8, 4) is 45.5 Å². The minimum atomic E-state index is -0.362. The summed E-state index contributed by atoms with van der Waals surface area (Å²) in [4.78, 5) is 15.5. The third kappa shape index (κ3) is 4.81. The van der Waals surface area contributed by atoms with Crippen LogP contribution in [0.3, 0.4) is 0 Å². The second-order valence-corrected chi connectivity index (χ2v) is 13.9. The maximum absolute atomic E-state index is 9.46. The van der Waals surface area contributed by atoms with Crippen LogP contribution in [0.2, 0.25) is 0 Å². The van der Waals surface area contributed by atoms with E-state index in [-0.39, 0.29) is 63.8 Å². The fourth-order valence-corrected chi connectivity index (χ4v) is 8.26. The Bertz CT molecular complexity index is 3790. The van der Waals surface area contributed by atoms with E-state index >= 15 is 0 Å². The van der Waals surface area contributed by atoms with Gasteiger partial charge in [0, 0.05) is 54.6 Å². The van der Waals surface area contributed by atoms with Gasteiger partial charge in [-0.25, -0.2) is 4.98 Å². The molecule has 12 rings (SSSR count). The highest BCUT2D eigenvalue weighted by Gasteiger charge is 2.22. The smallest absolute Gasteiger partial charge is 0.238 e. The van der Waals surface area contributed by atoms with Gasteiger partial charge >= 0.3 is 0 Å². The minimum Gasteiger partial charge on any atom is -0.455 e. The highest BCUT2D eigenvalue weighted by atomic mass is 16.3. The molecular weight excluding hydrogens is 699 g/mol. The van der Waals surface area contributed by atoms with Crippen LogP contribution in [0.15, 0.2) is 192 Å². The molecule has 4 aromatic heterocycles. The van der Waals surface area contributed by atoms with Crippen molar-refractivity contribution in [2.75, 3.05) is 0 Å². The van der Waals surface area contributed by atoms with Gasteiger partial charge in [-0.2, -0.15) is 9.97 Å². The first-order chi connectivity index (χ1) is 30.8. The Hall–Kier alpha value is -7.83. The van der Waals surface area contributed by atoms with Crippen LogP contribution < -0.4 is 0 Å². The van der Waals surface area contributed by atoms with Crippen LogP contribution in [0.25, 0.3) is 111 Å². The van der Waals surface area contributed by atoms with Gasteiger partial charge in [0.05, 0.1) is 36.0 Å². The zero-order valence-corrected chi connectivity index (χ0v) is 30.1. The molecule has 6 heteroatoms. The lowest BCUT2D eigenvalue weighted by Crippen LogP contribution is -2.07. The zero-order chi connectivity index (χ0) is 42.7. The number of hydrogen-bond donors (Lipinski definition) is 0. The highest BCUT2D eigenvalue weighted by Crippen LogP contribution is 2.42. The van der Waals surface area contributed by atoms with Gasteiger partial charge < -0.3 is 8.98 Å². The largest absolute Gasteiger partial charge is 0.455 e. The number of nitrogens with zero attached hydrogens (tertiary/aromatic N) is 5. The van der Waals surface area contributed by atoms with Gasteiger partial charge in [0.15, 0.2) is 11.6 Å². The van der Waals surface area contributed by atoms with Crippen LogP contribution in [0, 0.1) is 0 Å². The molecule has 0 saturated carbocycles. The zero-order valence-electron chi connectivity index (χ0n) is 36.1. The Kier molecular flexibility index (Phi) is 5.64. The van der Waals surface area contributed by atoms with Crippen molar-refractivity contribution < 1.29 is 12.6 Å². The summed E-state index contributed by atoms with van der Waals surface area (Å²) >= 11 is 0. The van der Waals surface area contributed by atoms with E-state index in [1.807, 2.05) is 109 Å². The van der Waals surface area contributed by atoms with Crippen molar-refractivity contribution in [2.24, 2.45) is 0 Å². The van der Waals surface area contributed by atoms with E-state index in [2.05, 4.69) is 45.5 Å². The summed E-state index contributed by atoms with van der Waals surface area (Å²) < 4.78 is 64.2. The lowest BCUT2D eigenvalue weighted by molar-refractivity contribution is 0.670. The third-order valence-corrected chi connectivity index (χ3v) is 10.8. The van der Waals surface area contributed by atoms with Crippen molar-refractivity contribution in [3.63, 3.8) is 0 Å². The number of para-hydroxylation sites is 6. The Balaban J connectivity index is 1.20. The molecule has 0 atom stereocenters. The average Bonchev–Trinajstić information content (AvgIpc) is 3.99. The molecule has 4 heterocycles.